The molecule has 0 aromatic carbocycles. The van der Waals surface area contributed by atoms with E-state index in [1.54, 1.807) is 19.1 Å². The van der Waals surface area contributed by atoms with Gasteiger partial charge in [0, 0.05) is 6.04 Å². The molecule has 1 heterocycles. The average Bonchev–Trinajstić information content (AvgIpc) is 2.74. The number of unbranched alkanes of at least 4 members (excludes halogenated alkanes) is 1. The number of aliphatic hydroxyl groups excluding tert-OH is 3. The Morgan fingerprint density at radius 3 is 2.53 bits per heavy atom. The van der Waals surface area contributed by atoms with Gasteiger partial charge in [-0.05, 0) is 33.1 Å². The Morgan fingerprint density at radius 1 is 1.00 bits per heavy atom. The molecular formula is C27H39NO4. The van der Waals surface area contributed by atoms with E-state index in [-0.39, 0.29) is 18.4 Å². The normalized spacial score (nSPS) is 26.6. The molecule has 0 radical (unpaired) electrons. The molecule has 0 bridgehead atoms. The van der Waals surface area contributed by atoms with Crippen molar-refractivity contribution in [2.45, 2.75) is 77.2 Å². The highest BCUT2D eigenvalue weighted by atomic mass is 16.3. The zero-order valence-electron chi connectivity index (χ0n) is 19.5. The summed E-state index contributed by atoms with van der Waals surface area (Å²) in [7, 11) is 0. The molecule has 0 spiro atoms. The highest BCUT2D eigenvalue weighted by Crippen LogP contribution is 2.08. The van der Waals surface area contributed by atoms with Gasteiger partial charge in [0.2, 0.25) is 5.91 Å². The standard InChI is InChI=1S/C27H39NO4/c1-4-5-6-7-14-23-15-10-8-12-21(2)13-9-11-16-25(30)26(31)19-22(3)17-18-24(29)20-27(32)28-23/h6-13,16-19,23-26,29-31H,4-5,14-15,20H2,1-3H3,(H,28,32). The molecule has 0 saturated carbocycles. The number of carbonyl (C=O) groups excluding carboxylic acids is 1. The average molecular weight is 442 g/mol. The molecule has 0 saturated heterocycles. The molecule has 0 aromatic rings. The summed E-state index contributed by atoms with van der Waals surface area (Å²) >= 11 is 0. The zero-order chi connectivity index (χ0) is 23.8. The molecule has 0 aliphatic carbocycles. The van der Waals surface area contributed by atoms with Crippen molar-refractivity contribution in [1.29, 1.82) is 0 Å². The molecule has 1 aliphatic heterocycles. The number of rotatable bonds is 4. The van der Waals surface area contributed by atoms with Crippen LogP contribution in [0.4, 0.5) is 0 Å². The van der Waals surface area contributed by atoms with Gasteiger partial charge in [-0.25, -0.2) is 0 Å². The lowest BCUT2D eigenvalue weighted by Gasteiger charge is -2.16. The van der Waals surface area contributed by atoms with Gasteiger partial charge in [0.1, 0.15) is 12.2 Å². The van der Waals surface area contributed by atoms with Crippen LogP contribution < -0.4 is 5.32 Å². The predicted octanol–water partition coefficient (Wildman–Crippen LogP) is 4.21. The fraction of sp³-hybridized carbons (Fsp3) is 0.444. The zero-order valence-corrected chi connectivity index (χ0v) is 19.5. The third-order valence-corrected chi connectivity index (χ3v) is 4.86. The molecule has 4 unspecified atom stereocenters. The Bertz CT molecular complexity index is 771. The van der Waals surface area contributed by atoms with Crippen molar-refractivity contribution in [3.63, 3.8) is 0 Å². The van der Waals surface area contributed by atoms with Gasteiger partial charge >= 0.3 is 0 Å². The van der Waals surface area contributed by atoms with Gasteiger partial charge in [-0.15, -0.1) is 0 Å². The smallest absolute Gasteiger partial charge is 0.223 e. The Hall–Kier alpha value is -2.47. The molecule has 5 heteroatoms. The lowest BCUT2D eigenvalue weighted by atomic mass is 10.1. The third-order valence-electron chi connectivity index (χ3n) is 4.86. The van der Waals surface area contributed by atoms with E-state index in [1.807, 2.05) is 37.3 Å². The van der Waals surface area contributed by atoms with E-state index < -0.39 is 18.3 Å². The maximum absolute atomic E-state index is 12.4. The summed E-state index contributed by atoms with van der Waals surface area (Å²) in [5.41, 5.74) is 1.71. The minimum atomic E-state index is -1.07. The van der Waals surface area contributed by atoms with Crippen molar-refractivity contribution in [2.75, 3.05) is 0 Å². The molecule has 0 aromatic heterocycles. The first-order valence-electron chi connectivity index (χ1n) is 11.3. The van der Waals surface area contributed by atoms with Gasteiger partial charge in [-0.1, -0.05) is 97.4 Å². The molecular weight excluding hydrogens is 402 g/mol. The summed E-state index contributed by atoms with van der Waals surface area (Å²) in [6, 6.07) is -0.0425. The molecule has 1 amide bonds. The van der Waals surface area contributed by atoms with Crippen LogP contribution in [-0.4, -0.2) is 45.6 Å². The second-order valence-electron chi connectivity index (χ2n) is 8.10. The molecule has 4 N–H and O–H groups in total. The van der Waals surface area contributed by atoms with Gasteiger partial charge < -0.3 is 20.6 Å². The van der Waals surface area contributed by atoms with E-state index in [2.05, 4.69) is 24.4 Å². The van der Waals surface area contributed by atoms with Crippen LogP contribution in [0.1, 0.15) is 52.9 Å². The Labute approximate surface area is 192 Å². The van der Waals surface area contributed by atoms with Crippen molar-refractivity contribution in [2.24, 2.45) is 0 Å². The summed E-state index contributed by atoms with van der Waals surface area (Å²) in [4.78, 5) is 12.4. The number of nitrogens with one attached hydrogen (secondary N) is 1. The Kier molecular flexibility index (Phi) is 14.0. The number of hydrogen-bond acceptors (Lipinski definition) is 4. The van der Waals surface area contributed by atoms with Crippen molar-refractivity contribution >= 4 is 5.91 Å². The fourth-order valence-electron chi connectivity index (χ4n) is 3.01. The number of aliphatic hydroxyl groups is 3. The number of carbonyl (C=O) groups is 1. The van der Waals surface area contributed by atoms with E-state index in [4.69, 9.17) is 0 Å². The molecule has 32 heavy (non-hydrogen) atoms. The maximum atomic E-state index is 12.4. The quantitative estimate of drug-likeness (QED) is 0.492. The van der Waals surface area contributed by atoms with Crippen molar-refractivity contribution in [1.82, 2.24) is 5.32 Å². The number of amides is 1. The monoisotopic (exact) mass is 441 g/mol. The SMILES string of the molecule is CCCC=CCC1CC=CC=C(C)C=CC=CC(O)C(O)C=C(C)C=CC(O)CC(=O)N1. The van der Waals surface area contributed by atoms with Crippen LogP contribution in [0.5, 0.6) is 0 Å². The molecule has 0 fully saturated rings. The van der Waals surface area contributed by atoms with Gasteiger partial charge in [0.15, 0.2) is 0 Å². The summed E-state index contributed by atoms with van der Waals surface area (Å²) in [6.07, 6.45) is 22.2. The van der Waals surface area contributed by atoms with Crippen LogP contribution in [0.15, 0.2) is 84.1 Å². The minimum Gasteiger partial charge on any atom is -0.388 e. The van der Waals surface area contributed by atoms with Gasteiger partial charge in [-0.2, -0.15) is 0 Å². The Balaban J connectivity index is 3.02. The van der Waals surface area contributed by atoms with Crippen LogP contribution >= 0.6 is 0 Å². The molecule has 1 rings (SSSR count). The summed E-state index contributed by atoms with van der Waals surface area (Å²) < 4.78 is 0. The number of hydrogen-bond donors (Lipinski definition) is 4. The van der Waals surface area contributed by atoms with Crippen molar-refractivity contribution in [3.8, 4) is 0 Å². The van der Waals surface area contributed by atoms with E-state index in [0.717, 1.165) is 24.8 Å². The second-order valence-corrected chi connectivity index (χ2v) is 8.10. The minimum absolute atomic E-state index is 0.0413. The highest BCUT2D eigenvalue weighted by Gasteiger charge is 2.13. The second kappa shape index (κ2) is 16.2. The first-order chi connectivity index (χ1) is 15.3. The van der Waals surface area contributed by atoms with Gasteiger partial charge in [-0.3, -0.25) is 4.79 Å². The largest absolute Gasteiger partial charge is 0.388 e. The lowest BCUT2D eigenvalue weighted by Crippen LogP contribution is -2.35. The van der Waals surface area contributed by atoms with Gasteiger partial charge in [0.05, 0.1) is 12.5 Å². The molecule has 4 atom stereocenters. The van der Waals surface area contributed by atoms with E-state index in [0.29, 0.717) is 12.0 Å². The highest BCUT2D eigenvalue weighted by molar-refractivity contribution is 5.77. The molecule has 176 valence electrons. The van der Waals surface area contributed by atoms with E-state index >= 15 is 0 Å². The topological polar surface area (TPSA) is 89.8 Å². The first kappa shape index (κ1) is 27.6. The first-order valence-corrected chi connectivity index (χ1v) is 11.3. The molecule has 1 aliphatic rings. The van der Waals surface area contributed by atoms with Crippen LogP contribution in [-0.2, 0) is 4.79 Å². The van der Waals surface area contributed by atoms with Crippen LogP contribution in [0, 0.1) is 0 Å². The van der Waals surface area contributed by atoms with Crippen LogP contribution in [0.25, 0.3) is 0 Å². The maximum Gasteiger partial charge on any atom is 0.223 e. The summed E-state index contributed by atoms with van der Waals surface area (Å²) in [5.74, 6) is -0.212. The van der Waals surface area contributed by atoms with E-state index in [9.17, 15) is 20.1 Å². The Morgan fingerprint density at radius 2 is 1.78 bits per heavy atom. The number of allylic oxidation sites excluding steroid dienone is 9. The predicted molar refractivity (Wildman–Crippen MR) is 132 cm³/mol. The van der Waals surface area contributed by atoms with Gasteiger partial charge in [0.25, 0.3) is 0 Å². The summed E-state index contributed by atoms with van der Waals surface area (Å²) in [6.45, 7) is 5.86. The van der Waals surface area contributed by atoms with Crippen LogP contribution in [0.2, 0.25) is 0 Å². The van der Waals surface area contributed by atoms with Crippen molar-refractivity contribution in [3.05, 3.63) is 84.1 Å². The lowest BCUT2D eigenvalue weighted by molar-refractivity contribution is -0.123. The van der Waals surface area contributed by atoms with Crippen molar-refractivity contribution < 1.29 is 20.1 Å². The fourth-order valence-corrected chi connectivity index (χ4v) is 3.01. The molecule has 5 nitrogen and oxygen atoms in total. The summed E-state index contributed by atoms with van der Waals surface area (Å²) in [5, 5.41) is 33.4. The third kappa shape index (κ3) is 13.1. The van der Waals surface area contributed by atoms with Crippen LogP contribution in [0.3, 0.4) is 0 Å². The van der Waals surface area contributed by atoms with E-state index in [1.165, 1.54) is 18.2 Å².